The fourth-order valence-corrected chi connectivity index (χ4v) is 2.70. The quantitative estimate of drug-likeness (QED) is 0.715. The lowest BCUT2D eigenvalue weighted by Gasteiger charge is -2.51. The second-order valence-corrected chi connectivity index (χ2v) is 5.60. The number of piperidine rings is 1. The second-order valence-electron chi connectivity index (χ2n) is 5.60. The van der Waals surface area contributed by atoms with Gasteiger partial charge in [0.25, 0.3) is 0 Å². The van der Waals surface area contributed by atoms with Crippen molar-refractivity contribution in [3.05, 3.63) is 0 Å². The highest BCUT2D eigenvalue weighted by Crippen LogP contribution is 2.36. The highest BCUT2D eigenvalue weighted by molar-refractivity contribution is 4.98. The van der Waals surface area contributed by atoms with E-state index < -0.39 is 0 Å². The summed E-state index contributed by atoms with van der Waals surface area (Å²) < 4.78 is 0. The highest BCUT2D eigenvalue weighted by Gasteiger charge is 2.44. The van der Waals surface area contributed by atoms with Gasteiger partial charge in [0.05, 0.1) is 0 Å². The predicted molar refractivity (Wildman–Crippen MR) is 58.5 cm³/mol. The lowest BCUT2D eigenvalue weighted by Crippen LogP contribution is -2.62. The summed E-state index contributed by atoms with van der Waals surface area (Å²) in [6.45, 7) is 11.5. The molecule has 0 spiro atoms. The first-order valence-electron chi connectivity index (χ1n) is 5.52. The molecule has 0 aliphatic carbocycles. The van der Waals surface area contributed by atoms with Crippen LogP contribution in [-0.2, 0) is 0 Å². The fraction of sp³-hybridized carbons (Fsp3) is 1.00. The molecule has 84 valence electrons. The van der Waals surface area contributed by atoms with Crippen molar-refractivity contribution in [2.45, 2.75) is 64.6 Å². The van der Waals surface area contributed by atoms with Crippen LogP contribution in [0.5, 0.6) is 0 Å². The summed E-state index contributed by atoms with van der Waals surface area (Å²) >= 11 is 0. The number of hydrogen-bond acceptors (Lipinski definition) is 3. The van der Waals surface area contributed by atoms with Gasteiger partial charge in [-0.25, -0.2) is 0 Å². The Morgan fingerprint density at radius 1 is 1.21 bits per heavy atom. The molecule has 1 fully saturated rings. The average Bonchev–Trinajstić information content (AvgIpc) is 1.99. The zero-order valence-electron chi connectivity index (χ0n) is 10.1. The van der Waals surface area contributed by atoms with Gasteiger partial charge >= 0.3 is 0 Å². The van der Waals surface area contributed by atoms with Crippen LogP contribution < -0.4 is 5.32 Å². The smallest absolute Gasteiger partial charge is 0.0425 e. The minimum absolute atomic E-state index is 0.130. The molecule has 2 N–H and O–H groups in total. The monoisotopic (exact) mass is 200 g/mol. The van der Waals surface area contributed by atoms with Crippen LogP contribution in [0.15, 0.2) is 0 Å². The van der Waals surface area contributed by atoms with E-state index in [1.54, 1.807) is 0 Å². The van der Waals surface area contributed by atoms with Gasteiger partial charge in [-0.1, -0.05) is 6.92 Å². The Bertz CT molecular complexity index is 183. The SMILES string of the molecule is CCNC1CC(C)(C)N(O)C(C)(C)C1. The molecule has 0 saturated carbocycles. The third kappa shape index (κ3) is 2.27. The summed E-state index contributed by atoms with van der Waals surface area (Å²) in [6.07, 6.45) is 2.00. The van der Waals surface area contributed by atoms with E-state index in [-0.39, 0.29) is 11.1 Å². The highest BCUT2D eigenvalue weighted by atomic mass is 16.5. The van der Waals surface area contributed by atoms with Gasteiger partial charge in [0, 0.05) is 17.1 Å². The fourth-order valence-electron chi connectivity index (χ4n) is 2.70. The molecule has 1 rings (SSSR count). The van der Waals surface area contributed by atoms with Crippen molar-refractivity contribution in [3.8, 4) is 0 Å². The largest absolute Gasteiger partial charge is 0.314 e. The van der Waals surface area contributed by atoms with E-state index in [0.717, 1.165) is 19.4 Å². The Kier molecular flexibility index (Phi) is 3.24. The van der Waals surface area contributed by atoms with Gasteiger partial charge in [-0.2, -0.15) is 5.06 Å². The van der Waals surface area contributed by atoms with Crippen LogP contribution in [0.4, 0.5) is 0 Å². The Balaban J connectivity index is 2.75. The topological polar surface area (TPSA) is 35.5 Å². The molecule has 1 saturated heterocycles. The van der Waals surface area contributed by atoms with Crippen molar-refractivity contribution in [2.24, 2.45) is 0 Å². The third-order valence-electron chi connectivity index (χ3n) is 3.13. The summed E-state index contributed by atoms with van der Waals surface area (Å²) in [7, 11) is 0. The molecule has 14 heavy (non-hydrogen) atoms. The molecule has 0 aromatic heterocycles. The molecule has 0 amide bonds. The van der Waals surface area contributed by atoms with Gasteiger partial charge in [-0.15, -0.1) is 0 Å². The van der Waals surface area contributed by atoms with E-state index in [1.807, 2.05) is 0 Å². The summed E-state index contributed by atoms with van der Waals surface area (Å²) in [5, 5.41) is 15.1. The van der Waals surface area contributed by atoms with Gasteiger partial charge < -0.3 is 10.5 Å². The Labute approximate surface area is 87.4 Å². The van der Waals surface area contributed by atoms with E-state index in [2.05, 4.69) is 39.9 Å². The Hall–Kier alpha value is -0.120. The molecule has 0 unspecified atom stereocenters. The van der Waals surface area contributed by atoms with Crippen LogP contribution in [-0.4, -0.2) is 33.9 Å². The molecule has 0 aromatic rings. The first kappa shape index (κ1) is 12.0. The maximum Gasteiger partial charge on any atom is 0.0425 e. The van der Waals surface area contributed by atoms with Gasteiger partial charge in [0.15, 0.2) is 0 Å². The molecule has 0 aromatic carbocycles. The number of rotatable bonds is 2. The van der Waals surface area contributed by atoms with Crippen molar-refractivity contribution in [1.82, 2.24) is 10.4 Å². The molecule has 3 heteroatoms. The molecule has 0 atom stereocenters. The average molecular weight is 200 g/mol. The molecular formula is C11H24N2O. The lowest BCUT2D eigenvalue weighted by atomic mass is 9.79. The molecule has 0 radical (unpaired) electrons. The third-order valence-corrected chi connectivity index (χ3v) is 3.13. The second kappa shape index (κ2) is 3.80. The van der Waals surface area contributed by atoms with Gasteiger partial charge in [-0.05, 0) is 47.1 Å². The van der Waals surface area contributed by atoms with Crippen molar-refractivity contribution in [3.63, 3.8) is 0 Å². The molecule has 1 aliphatic rings. The van der Waals surface area contributed by atoms with Gasteiger partial charge in [-0.3, -0.25) is 0 Å². The van der Waals surface area contributed by atoms with Crippen LogP contribution in [0.3, 0.4) is 0 Å². The van der Waals surface area contributed by atoms with E-state index in [1.165, 1.54) is 5.06 Å². The van der Waals surface area contributed by atoms with Crippen molar-refractivity contribution in [1.29, 1.82) is 0 Å². The maximum absolute atomic E-state index is 10.1. The van der Waals surface area contributed by atoms with Crippen molar-refractivity contribution < 1.29 is 5.21 Å². The minimum atomic E-state index is -0.130. The molecule has 0 bridgehead atoms. The predicted octanol–water partition coefficient (Wildman–Crippen LogP) is 2.01. The summed E-state index contributed by atoms with van der Waals surface area (Å²) in [6, 6.07) is 0.522. The van der Waals surface area contributed by atoms with Crippen molar-refractivity contribution in [2.75, 3.05) is 6.54 Å². The van der Waals surface area contributed by atoms with Gasteiger partial charge in [0.1, 0.15) is 0 Å². The zero-order valence-corrected chi connectivity index (χ0v) is 10.1. The van der Waals surface area contributed by atoms with Crippen LogP contribution in [0.1, 0.15) is 47.5 Å². The number of nitrogens with zero attached hydrogens (tertiary/aromatic N) is 1. The van der Waals surface area contributed by atoms with Crippen LogP contribution in [0.2, 0.25) is 0 Å². The number of hydrogen-bond donors (Lipinski definition) is 2. The summed E-state index contributed by atoms with van der Waals surface area (Å²) in [5.74, 6) is 0. The molecular weight excluding hydrogens is 176 g/mol. The minimum Gasteiger partial charge on any atom is -0.314 e. The first-order chi connectivity index (χ1) is 6.29. The number of hydroxylamine groups is 2. The standard InChI is InChI=1S/C11H24N2O/c1-6-12-9-7-10(2,3)13(14)11(4,5)8-9/h9,12,14H,6-8H2,1-5H3. The Morgan fingerprint density at radius 2 is 1.64 bits per heavy atom. The lowest BCUT2D eigenvalue weighted by molar-refractivity contribution is -0.246. The molecule has 1 heterocycles. The van der Waals surface area contributed by atoms with E-state index in [4.69, 9.17) is 0 Å². The van der Waals surface area contributed by atoms with E-state index in [0.29, 0.717) is 6.04 Å². The van der Waals surface area contributed by atoms with Crippen molar-refractivity contribution >= 4 is 0 Å². The zero-order chi connectivity index (χ0) is 11.0. The molecule has 3 nitrogen and oxygen atoms in total. The van der Waals surface area contributed by atoms with E-state index in [9.17, 15) is 5.21 Å². The van der Waals surface area contributed by atoms with Crippen LogP contribution in [0, 0.1) is 0 Å². The summed E-state index contributed by atoms with van der Waals surface area (Å²) in [4.78, 5) is 0. The maximum atomic E-state index is 10.1. The van der Waals surface area contributed by atoms with Crippen LogP contribution >= 0.6 is 0 Å². The van der Waals surface area contributed by atoms with E-state index >= 15 is 0 Å². The van der Waals surface area contributed by atoms with Gasteiger partial charge in [0.2, 0.25) is 0 Å². The Morgan fingerprint density at radius 3 is 2.00 bits per heavy atom. The molecule has 1 aliphatic heterocycles. The van der Waals surface area contributed by atoms with Crippen LogP contribution in [0.25, 0.3) is 0 Å². The first-order valence-corrected chi connectivity index (χ1v) is 5.52. The number of nitrogens with one attached hydrogen (secondary N) is 1. The summed E-state index contributed by atoms with van der Waals surface area (Å²) in [5.41, 5.74) is -0.261. The normalized spacial score (nSPS) is 27.9.